The van der Waals surface area contributed by atoms with Gasteiger partial charge < -0.3 is 18.9 Å². The van der Waals surface area contributed by atoms with Crippen LogP contribution in [0.1, 0.15) is 5.56 Å². The summed E-state index contributed by atoms with van der Waals surface area (Å²) in [6.45, 7) is -0.321. The second-order valence-electron chi connectivity index (χ2n) is 4.42. The molecule has 0 unspecified atom stereocenters. The number of methoxy groups -OCH3 is 2. The van der Waals surface area contributed by atoms with Crippen molar-refractivity contribution in [3.05, 3.63) is 48.0 Å². The minimum Gasteiger partial charge on any atom is -0.496 e. The molecule has 0 heterocycles. The number of rotatable bonds is 6. The molecule has 0 fully saturated rings. The van der Waals surface area contributed by atoms with Gasteiger partial charge in [0.15, 0.2) is 6.61 Å². The molecular formula is C17H15NO5. The summed E-state index contributed by atoms with van der Waals surface area (Å²) in [7, 11) is 3.00. The van der Waals surface area contributed by atoms with Crippen LogP contribution in [0.25, 0.3) is 0 Å². The van der Waals surface area contributed by atoms with E-state index in [1.54, 1.807) is 42.5 Å². The number of ether oxygens (including phenoxy) is 4. The molecule has 0 saturated carbocycles. The third kappa shape index (κ3) is 4.38. The Morgan fingerprint density at radius 2 is 1.65 bits per heavy atom. The summed E-state index contributed by atoms with van der Waals surface area (Å²) < 4.78 is 20.7. The van der Waals surface area contributed by atoms with E-state index in [1.807, 2.05) is 6.07 Å². The van der Waals surface area contributed by atoms with Crippen molar-refractivity contribution in [2.75, 3.05) is 20.8 Å². The van der Waals surface area contributed by atoms with Crippen molar-refractivity contribution in [2.24, 2.45) is 0 Å². The number of hydrogen-bond donors (Lipinski definition) is 0. The first kappa shape index (κ1) is 16.2. The molecular weight excluding hydrogens is 298 g/mol. The SMILES string of the molecule is COc1cc(OC)cc(OC(=O)COc2ccccc2C#N)c1. The molecule has 2 rings (SSSR count). The highest BCUT2D eigenvalue weighted by Crippen LogP contribution is 2.27. The van der Waals surface area contributed by atoms with Crippen molar-refractivity contribution in [2.45, 2.75) is 0 Å². The van der Waals surface area contributed by atoms with Gasteiger partial charge in [0.05, 0.1) is 19.8 Å². The summed E-state index contributed by atoms with van der Waals surface area (Å²) in [5.74, 6) is 1.01. The molecule has 0 amide bonds. The van der Waals surface area contributed by atoms with Crippen LogP contribution in [0.2, 0.25) is 0 Å². The largest absolute Gasteiger partial charge is 0.496 e. The van der Waals surface area contributed by atoms with Crippen LogP contribution in [-0.4, -0.2) is 26.8 Å². The summed E-state index contributed by atoms with van der Waals surface area (Å²) in [4.78, 5) is 11.9. The molecule has 0 aromatic heterocycles. The van der Waals surface area contributed by atoms with Crippen LogP contribution in [0.4, 0.5) is 0 Å². The number of para-hydroxylation sites is 1. The van der Waals surface area contributed by atoms with Crippen LogP contribution in [0.15, 0.2) is 42.5 Å². The lowest BCUT2D eigenvalue weighted by molar-refractivity contribution is -0.136. The third-order valence-corrected chi connectivity index (χ3v) is 2.91. The monoisotopic (exact) mass is 313 g/mol. The predicted molar refractivity (Wildman–Crippen MR) is 81.8 cm³/mol. The number of benzene rings is 2. The van der Waals surface area contributed by atoms with Crippen LogP contribution in [0, 0.1) is 11.3 Å². The van der Waals surface area contributed by atoms with Gasteiger partial charge in [-0.3, -0.25) is 0 Å². The highest BCUT2D eigenvalue weighted by molar-refractivity contribution is 5.74. The van der Waals surface area contributed by atoms with Crippen LogP contribution in [0.3, 0.4) is 0 Å². The van der Waals surface area contributed by atoms with Crippen molar-refractivity contribution >= 4 is 5.97 Å². The second kappa shape index (κ2) is 7.71. The number of carbonyl (C=O) groups excluding carboxylic acids is 1. The molecule has 2 aromatic carbocycles. The van der Waals surface area contributed by atoms with E-state index in [-0.39, 0.29) is 12.4 Å². The van der Waals surface area contributed by atoms with E-state index >= 15 is 0 Å². The Morgan fingerprint density at radius 3 is 2.26 bits per heavy atom. The van der Waals surface area contributed by atoms with E-state index in [0.29, 0.717) is 22.8 Å². The lowest BCUT2D eigenvalue weighted by Gasteiger charge is -2.10. The van der Waals surface area contributed by atoms with Crippen molar-refractivity contribution in [3.63, 3.8) is 0 Å². The maximum absolute atomic E-state index is 11.9. The average Bonchev–Trinajstić information content (AvgIpc) is 2.59. The Labute approximate surface area is 133 Å². The highest BCUT2D eigenvalue weighted by Gasteiger charge is 2.10. The smallest absolute Gasteiger partial charge is 0.349 e. The molecule has 0 radical (unpaired) electrons. The molecule has 0 spiro atoms. The summed E-state index contributed by atoms with van der Waals surface area (Å²) in [6.07, 6.45) is 0. The van der Waals surface area contributed by atoms with Gasteiger partial charge in [-0.25, -0.2) is 4.79 Å². The zero-order valence-electron chi connectivity index (χ0n) is 12.7. The second-order valence-corrected chi connectivity index (χ2v) is 4.42. The number of nitrogens with zero attached hydrogens (tertiary/aromatic N) is 1. The molecule has 23 heavy (non-hydrogen) atoms. The molecule has 6 heteroatoms. The van der Waals surface area contributed by atoms with Crippen molar-refractivity contribution in [1.29, 1.82) is 5.26 Å². The number of nitriles is 1. The summed E-state index contributed by atoms with van der Waals surface area (Å²) in [5.41, 5.74) is 0.350. The van der Waals surface area contributed by atoms with Gasteiger partial charge in [0.2, 0.25) is 0 Å². The van der Waals surface area contributed by atoms with E-state index in [2.05, 4.69) is 0 Å². The van der Waals surface area contributed by atoms with Gasteiger partial charge in [0, 0.05) is 18.2 Å². The quantitative estimate of drug-likeness (QED) is 0.602. The highest BCUT2D eigenvalue weighted by atomic mass is 16.6. The Hall–Kier alpha value is -3.20. The van der Waals surface area contributed by atoms with Crippen molar-refractivity contribution < 1.29 is 23.7 Å². The number of carbonyl (C=O) groups is 1. The lowest BCUT2D eigenvalue weighted by Crippen LogP contribution is -2.18. The standard InChI is InChI=1S/C17H15NO5/c1-20-13-7-14(21-2)9-15(8-13)23-17(19)11-22-16-6-4-3-5-12(16)10-18/h3-9H,11H2,1-2H3. The molecule has 0 aliphatic carbocycles. The molecule has 6 nitrogen and oxygen atoms in total. The Morgan fingerprint density at radius 1 is 1.04 bits per heavy atom. The third-order valence-electron chi connectivity index (χ3n) is 2.91. The van der Waals surface area contributed by atoms with E-state index < -0.39 is 5.97 Å². The maximum atomic E-state index is 11.9. The molecule has 0 bridgehead atoms. The summed E-state index contributed by atoms with van der Waals surface area (Å²) >= 11 is 0. The first-order valence-electron chi connectivity index (χ1n) is 6.72. The summed E-state index contributed by atoms with van der Waals surface area (Å²) in [6, 6.07) is 13.4. The van der Waals surface area contributed by atoms with Crippen molar-refractivity contribution in [3.8, 4) is 29.1 Å². The number of esters is 1. The van der Waals surface area contributed by atoms with Gasteiger partial charge in [-0.2, -0.15) is 5.26 Å². The van der Waals surface area contributed by atoms with Gasteiger partial charge in [-0.05, 0) is 12.1 Å². The van der Waals surface area contributed by atoms with Crippen LogP contribution < -0.4 is 18.9 Å². The Kier molecular flexibility index (Phi) is 5.42. The maximum Gasteiger partial charge on any atom is 0.349 e. The summed E-state index contributed by atoms with van der Waals surface area (Å²) in [5, 5.41) is 8.96. The molecule has 2 aromatic rings. The van der Waals surface area contributed by atoms with Crippen molar-refractivity contribution in [1.82, 2.24) is 0 Å². The molecule has 0 atom stereocenters. The van der Waals surface area contributed by atoms with E-state index in [0.717, 1.165) is 0 Å². The van der Waals surface area contributed by atoms with E-state index in [1.165, 1.54) is 14.2 Å². The lowest BCUT2D eigenvalue weighted by atomic mass is 10.2. The van der Waals surface area contributed by atoms with Crippen LogP contribution >= 0.6 is 0 Å². The predicted octanol–water partition coefficient (Wildman–Crippen LogP) is 2.56. The van der Waals surface area contributed by atoms with Gasteiger partial charge in [0.25, 0.3) is 0 Å². The van der Waals surface area contributed by atoms with Crippen LogP contribution in [-0.2, 0) is 4.79 Å². The zero-order chi connectivity index (χ0) is 16.7. The van der Waals surface area contributed by atoms with E-state index in [9.17, 15) is 4.79 Å². The molecule has 0 N–H and O–H groups in total. The fourth-order valence-corrected chi connectivity index (χ4v) is 1.82. The van der Waals surface area contributed by atoms with E-state index in [4.69, 9.17) is 24.2 Å². The zero-order valence-corrected chi connectivity index (χ0v) is 12.7. The molecule has 0 aliphatic rings. The van der Waals surface area contributed by atoms with Gasteiger partial charge in [-0.1, -0.05) is 12.1 Å². The average molecular weight is 313 g/mol. The van der Waals surface area contributed by atoms with Crippen LogP contribution in [0.5, 0.6) is 23.0 Å². The fraction of sp³-hybridized carbons (Fsp3) is 0.176. The molecule has 0 aliphatic heterocycles. The Bertz CT molecular complexity index is 714. The molecule has 0 saturated heterocycles. The number of hydrogen-bond acceptors (Lipinski definition) is 6. The first-order valence-corrected chi connectivity index (χ1v) is 6.72. The topological polar surface area (TPSA) is 77.8 Å². The fourth-order valence-electron chi connectivity index (χ4n) is 1.82. The normalized spacial score (nSPS) is 9.61. The first-order chi connectivity index (χ1) is 11.2. The van der Waals surface area contributed by atoms with Gasteiger partial charge in [0.1, 0.15) is 29.1 Å². The minimum absolute atomic E-state index is 0.281. The Balaban J connectivity index is 2.01. The van der Waals surface area contributed by atoms with Gasteiger partial charge in [-0.15, -0.1) is 0 Å². The van der Waals surface area contributed by atoms with Gasteiger partial charge >= 0.3 is 5.97 Å². The minimum atomic E-state index is -0.604. The molecule has 118 valence electrons.